The summed E-state index contributed by atoms with van der Waals surface area (Å²) >= 11 is 1.73. The van der Waals surface area contributed by atoms with Gasteiger partial charge in [0.2, 0.25) is 0 Å². The van der Waals surface area contributed by atoms with Crippen molar-refractivity contribution in [3.63, 3.8) is 0 Å². The molecule has 11 aromatic rings. The van der Waals surface area contributed by atoms with Crippen molar-refractivity contribution < 1.29 is 0 Å². The first-order chi connectivity index (χ1) is 27.8. The normalized spacial score (nSPS) is 11.6. The van der Waals surface area contributed by atoms with E-state index in [0.29, 0.717) is 23.3 Å². The number of hydrogen-bond acceptors (Lipinski definition) is 6. The summed E-state index contributed by atoms with van der Waals surface area (Å²) in [6.07, 6.45) is 0. The molecule has 7 heteroatoms. The lowest BCUT2D eigenvalue weighted by atomic mass is 10.0. The molecule has 0 saturated heterocycles. The summed E-state index contributed by atoms with van der Waals surface area (Å²) in [5.74, 6) is 2.57. The lowest BCUT2D eigenvalue weighted by Gasteiger charge is -2.11. The predicted octanol–water partition coefficient (Wildman–Crippen LogP) is 12.5. The van der Waals surface area contributed by atoms with Gasteiger partial charge in [-0.2, -0.15) is 0 Å². The topological polar surface area (TPSA) is 69.4 Å². The average molecular weight is 735 g/mol. The number of hydrogen-bond donors (Lipinski definition) is 0. The van der Waals surface area contributed by atoms with E-state index in [2.05, 4.69) is 126 Å². The molecular weight excluding hydrogens is 705 g/mol. The van der Waals surface area contributed by atoms with Crippen LogP contribution in [-0.2, 0) is 0 Å². The minimum Gasteiger partial charge on any atom is -0.309 e. The van der Waals surface area contributed by atoms with Crippen LogP contribution in [0.25, 0.3) is 105 Å². The molecule has 0 aliphatic carbocycles. The molecule has 56 heavy (non-hydrogen) atoms. The Morgan fingerprint density at radius 2 is 0.911 bits per heavy atom. The third-order valence-corrected chi connectivity index (χ3v) is 11.5. The molecule has 0 amide bonds. The highest BCUT2D eigenvalue weighted by Crippen LogP contribution is 2.42. The van der Waals surface area contributed by atoms with Gasteiger partial charge >= 0.3 is 0 Å². The molecule has 262 valence electrons. The lowest BCUT2D eigenvalue weighted by molar-refractivity contribution is 1.07. The van der Waals surface area contributed by atoms with Gasteiger partial charge in [-0.25, -0.2) is 24.9 Å². The molecule has 4 aromatic heterocycles. The van der Waals surface area contributed by atoms with Gasteiger partial charge in [-0.1, -0.05) is 152 Å². The minimum absolute atomic E-state index is 0.612. The lowest BCUT2D eigenvalue weighted by Crippen LogP contribution is -2.00. The number of rotatable bonds is 6. The fourth-order valence-electron chi connectivity index (χ4n) is 7.68. The van der Waals surface area contributed by atoms with Crippen LogP contribution in [0.3, 0.4) is 0 Å². The smallest absolute Gasteiger partial charge is 0.164 e. The highest BCUT2D eigenvalue weighted by atomic mass is 32.1. The molecular formula is C49H30N6S. The second-order valence-corrected chi connectivity index (χ2v) is 14.7. The molecule has 0 saturated carbocycles. The van der Waals surface area contributed by atoms with E-state index in [-0.39, 0.29) is 0 Å². The fourth-order valence-corrected chi connectivity index (χ4v) is 8.84. The van der Waals surface area contributed by atoms with Gasteiger partial charge in [-0.3, -0.25) is 0 Å². The first-order valence-electron chi connectivity index (χ1n) is 18.5. The van der Waals surface area contributed by atoms with Crippen LogP contribution in [-0.4, -0.2) is 29.5 Å². The molecule has 0 aliphatic rings. The summed E-state index contributed by atoms with van der Waals surface area (Å²) in [6, 6.07) is 62.6. The summed E-state index contributed by atoms with van der Waals surface area (Å²) in [5.41, 5.74) is 9.98. The van der Waals surface area contributed by atoms with Gasteiger partial charge in [-0.05, 0) is 30.3 Å². The average Bonchev–Trinajstić information content (AvgIpc) is 3.83. The van der Waals surface area contributed by atoms with Crippen molar-refractivity contribution in [2.24, 2.45) is 0 Å². The molecule has 6 nitrogen and oxygen atoms in total. The van der Waals surface area contributed by atoms with Crippen LogP contribution in [0.5, 0.6) is 0 Å². The highest BCUT2D eigenvalue weighted by Gasteiger charge is 2.21. The van der Waals surface area contributed by atoms with Crippen LogP contribution in [0.1, 0.15) is 0 Å². The van der Waals surface area contributed by atoms with Gasteiger partial charge in [0.25, 0.3) is 0 Å². The van der Waals surface area contributed by atoms with Crippen LogP contribution in [0.4, 0.5) is 0 Å². The fraction of sp³-hybridized carbons (Fsp3) is 0. The van der Waals surface area contributed by atoms with Gasteiger partial charge < -0.3 is 4.57 Å². The third kappa shape index (κ3) is 5.36. The Bertz CT molecular complexity index is 3170. The van der Waals surface area contributed by atoms with Crippen molar-refractivity contribution in [2.75, 3.05) is 0 Å². The van der Waals surface area contributed by atoms with Crippen molar-refractivity contribution in [3.8, 4) is 62.5 Å². The van der Waals surface area contributed by atoms with Gasteiger partial charge in [0.05, 0.1) is 26.9 Å². The predicted molar refractivity (Wildman–Crippen MR) is 230 cm³/mol. The second-order valence-electron chi connectivity index (χ2n) is 13.7. The minimum atomic E-state index is 0.612. The van der Waals surface area contributed by atoms with Crippen molar-refractivity contribution in [1.29, 1.82) is 0 Å². The summed E-state index contributed by atoms with van der Waals surface area (Å²) < 4.78 is 4.57. The van der Waals surface area contributed by atoms with Crippen molar-refractivity contribution in [2.45, 2.75) is 0 Å². The number of nitrogens with zero attached hydrogens (tertiary/aromatic N) is 6. The molecule has 0 bridgehead atoms. The van der Waals surface area contributed by atoms with E-state index in [0.717, 1.165) is 76.6 Å². The summed E-state index contributed by atoms with van der Waals surface area (Å²) in [7, 11) is 0. The van der Waals surface area contributed by atoms with Gasteiger partial charge in [0.1, 0.15) is 0 Å². The molecule has 0 radical (unpaired) electrons. The van der Waals surface area contributed by atoms with E-state index >= 15 is 0 Å². The maximum Gasteiger partial charge on any atom is 0.164 e. The Hall–Kier alpha value is -7.35. The number of aromatic nitrogens is 6. The Morgan fingerprint density at radius 1 is 0.375 bits per heavy atom. The molecule has 7 aromatic carbocycles. The van der Waals surface area contributed by atoms with E-state index < -0.39 is 0 Å². The van der Waals surface area contributed by atoms with Crippen LogP contribution in [0, 0.1) is 0 Å². The number of benzene rings is 7. The Morgan fingerprint density at radius 3 is 1.59 bits per heavy atom. The molecule has 4 heterocycles. The molecule has 0 N–H and O–H groups in total. The van der Waals surface area contributed by atoms with E-state index in [1.165, 1.54) is 4.70 Å². The van der Waals surface area contributed by atoms with E-state index in [4.69, 9.17) is 24.9 Å². The van der Waals surface area contributed by atoms with Crippen LogP contribution in [0.2, 0.25) is 0 Å². The van der Waals surface area contributed by atoms with E-state index in [1.54, 1.807) is 11.3 Å². The van der Waals surface area contributed by atoms with Crippen LogP contribution < -0.4 is 0 Å². The Balaban J connectivity index is 1.10. The van der Waals surface area contributed by atoms with Gasteiger partial charge in [0, 0.05) is 54.4 Å². The largest absolute Gasteiger partial charge is 0.309 e. The summed E-state index contributed by atoms with van der Waals surface area (Å²) in [4.78, 5) is 25.6. The maximum absolute atomic E-state index is 5.43. The SMILES string of the molecule is c1ccc(-c2nc(-c3ccccc3)nc(-c3ccc(-c4nc(-c5cccc6c5c5ccccc5n6-c5ccccc5)nc5c4sc4ccccc45)cc3)n2)cc1. The molecule has 0 fully saturated rings. The third-order valence-electron chi connectivity index (χ3n) is 10.3. The van der Waals surface area contributed by atoms with E-state index in [9.17, 15) is 0 Å². The molecule has 0 atom stereocenters. The van der Waals surface area contributed by atoms with Crippen molar-refractivity contribution in [1.82, 2.24) is 29.5 Å². The number of para-hydroxylation sites is 2. The first kappa shape index (κ1) is 32.1. The first-order valence-corrected chi connectivity index (χ1v) is 19.3. The number of fused-ring (bicyclic) bond motifs is 6. The summed E-state index contributed by atoms with van der Waals surface area (Å²) in [6.45, 7) is 0. The quantitative estimate of drug-likeness (QED) is 0.170. The zero-order valence-corrected chi connectivity index (χ0v) is 30.7. The monoisotopic (exact) mass is 734 g/mol. The number of thiophene rings is 1. The molecule has 11 rings (SSSR count). The second kappa shape index (κ2) is 13.2. The van der Waals surface area contributed by atoms with Gasteiger partial charge in [0.15, 0.2) is 23.3 Å². The maximum atomic E-state index is 5.43. The van der Waals surface area contributed by atoms with Crippen molar-refractivity contribution in [3.05, 3.63) is 182 Å². The highest BCUT2D eigenvalue weighted by molar-refractivity contribution is 7.26. The van der Waals surface area contributed by atoms with Gasteiger partial charge in [-0.15, -0.1) is 11.3 Å². The van der Waals surface area contributed by atoms with Crippen LogP contribution >= 0.6 is 11.3 Å². The molecule has 0 unspecified atom stereocenters. The summed E-state index contributed by atoms with van der Waals surface area (Å²) in [5, 5.41) is 3.42. The van der Waals surface area contributed by atoms with Crippen molar-refractivity contribution >= 4 is 53.4 Å². The van der Waals surface area contributed by atoms with E-state index in [1.807, 2.05) is 60.7 Å². The Labute approximate surface area is 326 Å². The molecule has 0 aliphatic heterocycles. The standard InChI is InChI=1S/C49H30N6S/c1-4-15-32(16-5-1)46-52-47(33-17-6-2-7-18-33)54-48(53-46)34-29-27-31(28-30-34)43-45-44(37-22-11-13-26-41(37)56-45)51-49(50-43)38-23-14-25-40-42(38)36-21-10-12-24-39(36)55(40)35-19-8-3-9-20-35/h1-30H. The zero-order valence-electron chi connectivity index (χ0n) is 29.9. The van der Waals surface area contributed by atoms with Crippen LogP contribution in [0.15, 0.2) is 182 Å². The Kier molecular flexibility index (Phi) is 7.57. The zero-order chi connectivity index (χ0) is 37.0. The molecule has 0 spiro atoms.